The molecule has 0 aliphatic carbocycles. The SMILES string of the molecule is COC(c1ccc(-c2ccnn2C)nc1)C(F)(F)F. The van der Waals surface area contributed by atoms with Crippen LogP contribution in [0.1, 0.15) is 11.7 Å². The van der Waals surface area contributed by atoms with Crippen molar-refractivity contribution in [3.8, 4) is 11.4 Å². The molecule has 2 rings (SSSR count). The Balaban J connectivity index is 2.31. The first-order valence-electron chi connectivity index (χ1n) is 5.47. The Morgan fingerprint density at radius 1 is 1.26 bits per heavy atom. The van der Waals surface area contributed by atoms with Crippen molar-refractivity contribution in [1.82, 2.24) is 14.8 Å². The van der Waals surface area contributed by atoms with Crippen molar-refractivity contribution in [3.05, 3.63) is 36.2 Å². The van der Waals surface area contributed by atoms with Crippen molar-refractivity contribution in [3.63, 3.8) is 0 Å². The van der Waals surface area contributed by atoms with Crippen molar-refractivity contribution in [2.45, 2.75) is 12.3 Å². The molecule has 7 heteroatoms. The van der Waals surface area contributed by atoms with Gasteiger partial charge in [-0.3, -0.25) is 9.67 Å². The van der Waals surface area contributed by atoms with Gasteiger partial charge in [0.2, 0.25) is 0 Å². The van der Waals surface area contributed by atoms with Gasteiger partial charge in [0, 0.05) is 32.1 Å². The number of aryl methyl sites for hydroxylation is 1. The smallest absolute Gasteiger partial charge is 0.367 e. The van der Waals surface area contributed by atoms with Gasteiger partial charge in [0.15, 0.2) is 6.10 Å². The summed E-state index contributed by atoms with van der Waals surface area (Å²) < 4.78 is 44.1. The van der Waals surface area contributed by atoms with Crippen LogP contribution in [0.15, 0.2) is 30.6 Å². The minimum absolute atomic E-state index is 0.0269. The molecule has 0 saturated carbocycles. The molecule has 19 heavy (non-hydrogen) atoms. The highest BCUT2D eigenvalue weighted by atomic mass is 19.4. The van der Waals surface area contributed by atoms with E-state index in [9.17, 15) is 13.2 Å². The van der Waals surface area contributed by atoms with Crippen molar-refractivity contribution in [2.24, 2.45) is 7.05 Å². The normalized spacial score (nSPS) is 13.5. The molecule has 0 bridgehead atoms. The third-order valence-corrected chi connectivity index (χ3v) is 2.71. The lowest BCUT2D eigenvalue weighted by molar-refractivity contribution is -0.216. The minimum atomic E-state index is -4.45. The highest BCUT2D eigenvalue weighted by Crippen LogP contribution is 2.35. The number of nitrogens with zero attached hydrogens (tertiary/aromatic N) is 3. The van der Waals surface area contributed by atoms with E-state index in [2.05, 4.69) is 14.8 Å². The lowest BCUT2D eigenvalue weighted by atomic mass is 10.1. The Morgan fingerprint density at radius 2 is 2.00 bits per heavy atom. The first kappa shape index (κ1) is 13.5. The molecule has 0 spiro atoms. The molecule has 0 N–H and O–H groups in total. The zero-order valence-corrected chi connectivity index (χ0v) is 10.3. The molecule has 2 aromatic heterocycles. The molecule has 0 radical (unpaired) electrons. The summed E-state index contributed by atoms with van der Waals surface area (Å²) in [5.41, 5.74) is 1.26. The topological polar surface area (TPSA) is 39.9 Å². The maximum absolute atomic E-state index is 12.7. The standard InChI is InChI=1S/C12H12F3N3O/c1-18-10(5-6-17-18)9-4-3-8(7-16-9)11(19-2)12(13,14)15/h3-7,11H,1-2H3. The number of aromatic nitrogens is 3. The van der Waals surface area contributed by atoms with Gasteiger partial charge >= 0.3 is 6.18 Å². The van der Waals surface area contributed by atoms with Gasteiger partial charge < -0.3 is 4.74 Å². The van der Waals surface area contributed by atoms with E-state index in [0.29, 0.717) is 5.69 Å². The van der Waals surface area contributed by atoms with Gasteiger partial charge in [-0.25, -0.2) is 0 Å². The molecule has 102 valence electrons. The lowest BCUT2D eigenvalue weighted by Gasteiger charge is -2.18. The van der Waals surface area contributed by atoms with E-state index in [4.69, 9.17) is 0 Å². The second kappa shape index (κ2) is 5.00. The molecular formula is C12H12F3N3O. The Hall–Kier alpha value is -1.89. The predicted octanol–water partition coefficient (Wildman–Crippen LogP) is 2.73. The van der Waals surface area contributed by atoms with E-state index < -0.39 is 12.3 Å². The van der Waals surface area contributed by atoms with Crippen LogP contribution in [0.3, 0.4) is 0 Å². The fourth-order valence-electron chi connectivity index (χ4n) is 1.80. The molecule has 2 heterocycles. The van der Waals surface area contributed by atoms with Gasteiger partial charge in [0.1, 0.15) is 0 Å². The number of hydrogen-bond donors (Lipinski definition) is 0. The Bertz CT molecular complexity index is 548. The van der Waals surface area contributed by atoms with E-state index in [1.54, 1.807) is 24.0 Å². The van der Waals surface area contributed by atoms with Crippen LogP contribution in [0.2, 0.25) is 0 Å². The number of ether oxygens (including phenoxy) is 1. The summed E-state index contributed by atoms with van der Waals surface area (Å²) in [7, 11) is 2.76. The van der Waals surface area contributed by atoms with Gasteiger partial charge in [-0.05, 0) is 12.1 Å². The summed E-state index contributed by atoms with van der Waals surface area (Å²) in [6.45, 7) is 0. The quantitative estimate of drug-likeness (QED) is 0.861. The number of hydrogen-bond acceptors (Lipinski definition) is 3. The predicted molar refractivity (Wildman–Crippen MR) is 62.2 cm³/mol. The maximum Gasteiger partial charge on any atom is 0.418 e. The average Bonchev–Trinajstić information content (AvgIpc) is 2.75. The van der Waals surface area contributed by atoms with E-state index in [-0.39, 0.29) is 5.56 Å². The summed E-state index contributed by atoms with van der Waals surface area (Å²) in [6.07, 6.45) is -3.65. The zero-order valence-electron chi connectivity index (χ0n) is 10.3. The highest BCUT2D eigenvalue weighted by Gasteiger charge is 2.41. The van der Waals surface area contributed by atoms with Crippen molar-refractivity contribution in [1.29, 1.82) is 0 Å². The first-order valence-corrected chi connectivity index (χ1v) is 5.47. The number of halogens is 3. The summed E-state index contributed by atoms with van der Waals surface area (Å²) in [5.74, 6) is 0. The van der Waals surface area contributed by atoms with E-state index in [1.165, 1.54) is 18.3 Å². The van der Waals surface area contributed by atoms with Crippen molar-refractivity contribution in [2.75, 3.05) is 7.11 Å². The molecule has 2 aromatic rings. The maximum atomic E-state index is 12.7. The third kappa shape index (κ3) is 2.76. The van der Waals surface area contributed by atoms with Crippen LogP contribution in [-0.4, -0.2) is 28.1 Å². The largest absolute Gasteiger partial charge is 0.418 e. The molecule has 1 atom stereocenters. The first-order chi connectivity index (χ1) is 8.93. The molecule has 0 aliphatic heterocycles. The van der Waals surface area contributed by atoms with Crippen LogP contribution in [-0.2, 0) is 11.8 Å². The van der Waals surface area contributed by atoms with Crippen LogP contribution in [0.25, 0.3) is 11.4 Å². The van der Waals surface area contributed by atoms with Crippen LogP contribution < -0.4 is 0 Å². The van der Waals surface area contributed by atoms with Gasteiger partial charge in [-0.15, -0.1) is 0 Å². The number of pyridine rings is 1. The van der Waals surface area contributed by atoms with Crippen molar-refractivity contribution < 1.29 is 17.9 Å². The summed E-state index contributed by atoms with van der Waals surface area (Å²) in [6, 6.07) is 4.61. The Labute approximate surface area is 107 Å². The molecule has 0 amide bonds. The van der Waals surface area contributed by atoms with Crippen LogP contribution in [0, 0.1) is 0 Å². The summed E-state index contributed by atoms with van der Waals surface area (Å²) >= 11 is 0. The van der Waals surface area contributed by atoms with Crippen LogP contribution >= 0.6 is 0 Å². The Morgan fingerprint density at radius 3 is 2.42 bits per heavy atom. The molecule has 4 nitrogen and oxygen atoms in total. The third-order valence-electron chi connectivity index (χ3n) is 2.71. The average molecular weight is 271 g/mol. The molecule has 0 aromatic carbocycles. The number of methoxy groups -OCH3 is 1. The second-order valence-electron chi connectivity index (χ2n) is 3.97. The molecular weight excluding hydrogens is 259 g/mol. The number of rotatable bonds is 3. The summed E-state index contributed by atoms with van der Waals surface area (Å²) in [4.78, 5) is 4.02. The van der Waals surface area contributed by atoms with E-state index >= 15 is 0 Å². The minimum Gasteiger partial charge on any atom is -0.367 e. The molecule has 1 unspecified atom stereocenters. The van der Waals surface area contributed by atoms with Gasteiger partial charge in [-0.2, -0.15) is 18.3 Å². The monoisotopic (exact) mass is 271 g/mol. The van der Waals surface area contributed by atoms with Gasteiger partial charge in [0.05, 0.1) is 11.4 Å². The Kier molecular flexibility index (Phi) is 3.57. The van der Waals surface area contributed by atoms with E-state index in [1.807, 2.05) is 0 Å². The van der Waals surface area contributed by atoms with Crippen LogP contribution in [0.5, 0.6) is 0 Å². The second-order valence-corrected chi connectivity index (χ2v) is 3.97. The van der Waals surface area contributed by atoms with Crippen LogP contribution in [0.4, 0.5) is 13.2 Å². The highest BCUT2D eigenvalue weighted by molar-refractivity contribution is 5.54. The van der Waals surface area contributed by atoms with Gasteiger partial charge in [0.25, 0.3) is 0 Å². The molecule has 0 fully saturated rings. The fourth-order valence-corrected chi connectivity index (χ4v) is 1.80. The van der Waals surface area contributed by atoms with Crippen molar-refractivity contribution >= 4 is 0 Å². The van der Waals surface area contributed by atoms with Gasteiger partial charge in [-0.1, -0.05) is 6.07 Å². The fraction of sp³-hybridized carbons (Fsp3) is 0.333. The lowest BCUT2D eigenvalue weighted by Crippen LogP contribution is -2.22. The summed E-state index contributed by atoms with van der Waals surface area (Å²) in [5, 5.41) is 3.98. The van der Waals surface area contributed by atoms with E-state index in [0.717, 1.165) is 12.8 Å². The number of alkyl halides is 3. The zero-order chi connectivity index (χ0) is 14.0. The molecule has 0 aliphatic rings. The molecule has 0 saturated heterocycles.